The fourth-order valence-electron chi connectivity index (χ4n) is 2.26. The summed E-state index contributed by atoms with van der Waals surface area (Å²) in [5.41, 5.74) is 2.75. The van der Waals surface area contributed by atoms with E-state index in [-0.39, 0.29) is 5.97 Å². The summed E-state index contributed by atoms with van der Waals surface area (Å²) in [7, 11) is 0. The van der Waals surface area contributed by atoms with Crippen molar-refractivity contribution < 1.29 is 9.63 Å². The van der Waals surface area contributed by atoms with Crippen molar-refractivity contribution in [2.24, 2.45) is 0 Å². The first-order valence-corrected chi connectivity index (χ1v) is 7.47. The zero-order chi connectivity index (χ0) is 15.5. The van der Waals surface area contributed by atoms with Crippen LogP contribution >= 0.6 is 11.6 Å². The normalized spacial score (nSPS) is 10.8. The lowest BCUT2D eigenvalue weighted by Crippen LogP contribution is -2.19. The highest BCUT2D eigenvalue weighted by Crippen LogP contribution is 2.21. The van der Waals surface area contributed by atoms with Crippen molar-refractivity contribution in [1.82, 2.24) is 9.94 Å². The third-order valence-corrected chi connectivity index (χ3v) is 3.65. The molecule has 0 fully saturated rings. The van der Waals surface area contributed by atoms with Crippen LogP contribution < -0.4 is 4.84 Å². The Morgan fingerprint density at radius 2 is 1.91 bits per heavy atom. The summed E-state index contributed by atoms with van der Waals surface area (Å²) in [6, 6.07) is 15.3. The molecule has 0 spiro atoms. The number of para-hydroxylation sites is 1. The van der Waals surface area contributed by atoms with Gasteiger partial charge in [-0.05, 0) is 23.8 Å². The second kappa shape index (κ2) is 6.20. The Hall–Kier alpha value is -2.33. The van der Waals surface area contributed by atoms with Crippen LogP contribution in [0.25, 0.3) is 10.9 Å². The van der Waals surface area contributed by atoms with E-state index in [9.17, 15) is 4.79 Å². The minimum Gasteiger partial charge on any atom is -0.319 e. The molecular weight excluding hydrogens is 300 g/mol. The van der Waals surface area contributed by atoms with Crippen LogP contribution in [0.4, 0.5) is 0 Å². The number of fused-ring (bicyclic) bond motifs is 1. The molecule has 3 aromatic rings. The topological polar surface area (TPSA) is 44.1 Å². The van der Waals surface area contributed by atoms with Crippen LogP contribution in [0.5, 0.6) is 0 Å². The van der Waals surface area contributed by atoms with E-state index >= 15 is 0 Å². The molecule has 4 nitrogen and oxygen atoms in total. The molecule has 2 aromatic carbocycles. The van der Waals surface area contributed by atoms with Crippen molar-refractivity contribution in [2.75, 3.05) is 0 Å². The third-order valence-electron chi connectivity index (χ3n) is 3.39. The van der Waals surface area contributed by atoms with Crippen molar-refractivity contribution in [3.63, 3.8) is 0 Å². The number of carbonyl (C=O) groups excluding carboxylic acids is 1. The van der Waals surface area contributed by atoms with Gasteiger partial charge in [0.1, 0.15) is 5.52 Å². The highest BCUT2D eigenvalue weighted by atomic mass is 35.5. The first kappa shape index (κ1) is 14.6. The number of hydrogen-bond donors (Lipinski definition) is 0. The van der Waals surface area contributed by atoms with Gasteiger partial charge < -0.3 is 4.84 Å². The summed E-state index contributed by atoms with van der Waals surface area (Å²) in [5, 5.41) is 6.11. The molecule has 0 N–H and O–H groups in total. The van der Waals surface area contributed by atoms with E-state index in [0.717, 1.165) is 22.2 Å². The molecule has 0 aliphatic heterocycles. The molecule has 0 atom stereocenters. The Bertz CT molecular complexity index is 809. The molecule has 0 saturated carbocycles. The van der Waals surface area contributed by atoms with E-state index in [4.69, 9.17) is 16.4 Å². The van der Waals surface area contributed by atoms with E-state index in [1.807, 2.05) is 48.5 Å². The van der Waals surface area contributed by atoms with Crippen molar-refractivity contribution in [2.45, 2.75) is 19.8 Å². The van der Waals surface area contributed by atoms with E-state index in [1.54, 1.807) is 6.92 Å². The highest BCUT2D eigenvalue weighted by Gasteiger charge is 2.13. The first-order valence-electron chi connectivity index (χ1n) is 7.09. The number of hydrogen-bond acceptors (Lipinski definition) is 3. The van der Waals surface area contributed by atoms with Crippen LogP contribution in [0.2, 0.25) is 5.02 Å². The fraction of sp³-hybridized carbons (Fsp3) is 0.176. The molecule has 0 unspecified atom stereocenters. The van der Waals surface area contributed by atoms with Gasteiger partial charge in [-0.15, -0.1) is 5.10 Å². The van der Waals surface area contributed by atoms with E-state index in [0.29, 0.717) is 17.9 Å². The summed E-state index contributed by atoms with van der Waals surface area (Å²) in [6.45, 7) is 1.75. The molecule has 1 aromatic heterocycles. The minimum atomic E-state index is -0.314. The monoisotopic (exact) mass is 314 g/mol. The van der Waals surface area contributed by atoms with Gasteiger partial charge in [0.05, 0.1) is 5.69 Å². The van der Waals surface area contributed by atoms with Gasteiger partial charge in [0.2, 0.25) is 0 Å². The molecule has 112 valence electrons. The van der Waals surface area contributed by atoms with Gasteiger partial charge in [-0.2, -0.15) is 0 Å². The largest absolute Gasteiger partial charge is 0.334 e. The molecule has 5 heteroatoms. The zero-order valence-electron chi connectivity index (χ0n) is 12.1. The lowest BCUT2D eigenvalue weighted by molar-refractivity contribution is -0.144. The number of carbonyl (C=O) groups is 1. The average molecular weight is 315 g/mol. The molecule has 1 heterocycles. The van der Waals surface area contributed by atoms with E-state index < -0.39 is 0 Å². The van der Waals surface area contributed by atoms with Crippen LogP contribution in [0.1, 0.15) is 24.6 Å². The number of benzene rings is 2. The van der Waals surface area contributed by atoms with Gasteiger partial charge in [0.25, 0.3) is 0 Å². The highest BCUT2D eigenvalue weighted by molar-refractivity contribution is 6.30. The van der Waals surface area contributed by atoms with Gasteiger partial charge in [-0.25, -0.2) is 4.79 Å². The predicted octanol–water partition coefficient (Wildman–Crippen LogP) is 3.65. The molecule has 0 aliphatic carbocycles. The van der Waals surface area contributed by atoms with Gasteiger partial charge in [-0.1, -0.05) is 53.7 Å². The second-order valence-corrected chi connectivity index (χ2v) is 5.39. The van der Waals surface area contributed by atoms with Gasteiger partial charge >= 0.3 is 5.97 Å². The van der Waals surface area contributed by atoms with Gasteiger partial charge in [-0.3, -0.25) is 0 Å². The second-order valence-electron chi connectivity index (χ2n) is 4.96. The third kappa shape index (κ3) is 2.97. The van der Waals surface area contributed by atoms with Crippen LogP contribution in [0.15, 0.2) is 48.5 Å². The standard InChI is InChI=1S/C17H15ClN2O2/c1-2-17(21)22-20-16-6-4-3-5-14(16)15(19-20)11-12-7-9-13(18)10-8-12/h3-10H,2,11H2,1H3. The summed E-state index contributed by atoms with van der Waals surface area (Å²) in [5.74, 6) is -0.314. The Morgan fingerprint density at radius 1 is 1.18 bits per heavy atom. The van der Waals surface area contributed by atoms with Crippen molar-refractivity contribution in [1.29, 1.82) is 0 Å². The lowest BCUT2D eigenvalue weighted by atomic mass is 10.1. The zero-order valence-corrected chi connectivity index (χ0v) is 12.9. The molecule has 0 bridgehead atoms. The molecule has 0 amide bonds. The molecule has 22 heavy (non-hydrogen) atoms. The van der Waals surface area contributed by atoms with Crippen LogP contribution in [0.3, 0.4) is 0 Å². The Morgan fingerprint density at radius 3 is 2.64 bits per heavy atom. The predicted molar refractivity (Wildman–Crippen MR) is 85.9 cm³/mol. The maximum absolute atomic E-state index is 11.5. The van der Waals surface area contributed by atoms with E-state index in [1.165, 1.54) is 4.85 Å². The summed E-state index contributed by atoms with van der Waals surface area (Å²) in [6.07, 6.45) is 0.953. The number of nitrogens with zero attached hydrogens (tertiary/aromatic N) is 2. The van der Waals surface area contributed by atoms with Crippen LogP contribution in [0, 0.1) is 0 Å². The fourth-order valence-corrected chi connectivity index (χ4v) is 2.38. The maximum Gasteiger partial charge on any atom is 0.334 e. The van der Waals surface area contributed by atoms with Crippen LogP contribution in [-0.4, -0.2) is 15.9 Å². The summed E-state index contributed by atoms with van der Waals surface area (Å²) >= 11 is 5.91. The molecule has 0 saturated heterocycles. The Labute approximate surface area is 133 Å². The van der Waals surface area contributed by atoms with Gasteiger partial charge in [0.15, 0.2) is 0 Å². The van der Waals surface area contributed by atoms with Gasteiger partial charge in [0, 0.05) is 23.3 Å². The number of halogens is 1. The minimum absolute atomic E-state index is 0.306. The molecule has 0 aliphatic rings. The molecule has 0 radical (unpaired) electrons. The van der Waals surface area contributed by atoms with Crippen molar-refractivity contribution >= 4 is 28.5 Å². The first-order chi connectivity index (χ1) is 10.7. The number of aromatic nitrogens is 2. The Balaban J connectivity index is 1.98. The maximum atomic E-state index is 11.5. The SMILES string of the molecule is CCC(=O)On1nc(Cc2ccc(Cl)cc2)c2ccccc21. The van der Waals surface area contributed by atoms with Crippen molar-refractivity contribution in [3.05, 3.63) is 64.8 Å². The quantitative estimate of drug-likeness (QED) is 0.738. The average Bonchev–Trinajstić information content (AvgIpc) is 2.87. The van der Waals surface area contributed by atoms with Crippen LogP contribution in [-0.2, 0) is 11.2 Å². The number of rotatable bonds is 4. The summed E-state index contributed by atoms with van der Waals surface area (Å²) < 4.78 is 0. The van der Waals surface area contributed by atoms with E-state index in [2.05, 4.69) is 5.10 Å². The lowest BCUT2D eigenvalue weighted by Gasteiger charge is -2.01. The smallest absolute Gasteiger partial charge is 0.319 e. The summed E-state index contributed by atoms with van der Waals surface area (Å²) in [4.78, 5) is 18.1. The molecule has 3 rings (SSSR count). The Kier molecular flexibility index (Phi) is 4.11. The van der Waals surface area contributed by atoms with Crippen molar-refractivity contribution in [3.8, 4) is 0 Å². The molecular formula is C17H15ClN2O2.